The topological polar surface area (TPSA) is 126 Å². The van der Waals surface area contributed by atoms with Gasteiger partial charge in [-0.25, -0.2) is 4.39 Å². The fourth-order valence-electron chi connectivity index (χ4n) is 3.88. The molecule has 1 heterocycles. The first-order valence-corrected chi connectivity index (χ1v) is 12.9. The van der Waals surface area contributed by atoms with E-state index in [-0.39, 0.29) is 74.3 Å². The van der Waals surface area contributed by atoms with Crippen LogP contribution in [0.25, 0.3) is 0 Å². The van der Waals surface area contributed by atoms with Crippen LogP contribution in [-0.2, 0) is 14.4 Å². The van der Waals surface area contributed by atoms with Crippen molar-refractivity contribution in [3.05, 3.63) is 59.9 Å². The maximum atomic E-state index is 13.2. The summed E-state index contributed by atoms with van der Waals surface area (Å²) in [5.74, 6) is -1.30. The Morgan fingerprint density at radius 3 is 2.56 bits per heavy atom. The zero-order valence-corrected chi connectivity index (χ0v) is 22.4. The molecule has 10 nitrogen and oxygen atoms in total. The Morgan fingerprint density at radius 2 is 1.85 bits per heavy atom. The van der Waals surface area contributed by atoms with Crippen LogP contribution in [0.5, 0.6) is 11.5 Å². The number of ether oxygens (including phenoxy) is 2. The second-order valence-corrected chi connectivity index (χ2v) is 9.63. The van der Waals surface area contributed by atoms with E-state index >= 15 is 0 Å². The van der Waals surface area contributed by atoms with Gasteiger partial charge in [0, 0.05) is 13.5 Å². The number of likely N-dealkylation sites (N-methyl/N-ethyl adjacent to an activating group) is 1. The summed E-state index contributed by atoms with van der Waals surface area (Å²) < 4.78 is 24.5. The Kier molecular flexibility index (Phi) is 10.7. The molecule has 2 aromatic carbocycles. The van der Waals surface area contributed by atoms with Crippen molar-refractivity contribution < 1.29 is 33.0 Å². The molecule has 1 aliphatic rings. The number of fused-ring (bicyclic) bond motifs is 1. The number of carbonyl (C=O) groups excluding carboxylic acids is 4. The number of carbonyl (C=O) groups is 4. The highest BCUT2D eigenvalue weighted by Gasteiger charge is 2.26. The number of para-hydroxylation sites is 1. The molecule has 0 saturated carbocycles. The van der Waals surface area contributed by atoms with Crippen LogP contribution < -0.4 is 25.4 Å². The maximum Gasteiger partial charge on any atom is 0.255 e. The van der Waals surface area contributed by atoms with E-state index in [9.17, 15) is 23.6 Å². The van der Waals surface area contributed by atoms with Gasteiger partial charge in [0.05, 0.1) is 24.7 Å². The number of hydrogen-bond acceptors (Lipinski definition) is 6. The molecule has 3 rings (SSSR count). The molecule has 0 radical (unpaired) electrons. The fraction of sp³-hybridized carbons (Fsp3) is 0.429. The molecule has 0 aliphatic carbocycles. The molecule has 210 valence electrons. The summed E-state index contributed by atoms with van der Waals surface area (Å²) in [6.07, 6.45) is -0.0567. The van der Waals surface area contributed by atoms with Crippen molar-refractivity contribution >= 4 is 23.6 Å². The van der Waals surface area contributed by atoms with Crippen LogP contribution in [0.2, 0.25) is 0 Å². The van der Waals surface area contributed by atoms with E-state index < -0.39 is 17.9 Å². The van der Waals surface area contributed by atoms with E-state index in [0.29, 0.717) is 11.5 Å². The van der Waals surface area contributed by atoms with Gasteiger partial charge in [-0.15, -0.1) is 0 Å². The Labute approximate surface area is 227 Å². The molecule has 0 saturated heterocycles. The smallest absolute Gasteiger partial charge is 0.255 e. The van der Waals surface area contributed by atoms with Gasteiger partial charge in [0.2, 0.25) is 17.7 Å². The fourth-order valence-corrected chi connectivity index (χ4v) is 3.88. The van der Waals surface area contributed by atoms with Crippen LogP contribution in [0, 0.1) is 11.7 Å². The molecule has 3 N–H and O–H groups in total. The van der Waals surface area contributed by atoms with E-state index in [4.69, 9.17) is 9.47 Å². The normalized spacial score (nSPS) is 19.1. The Morgan fingerprint density at radius 1 is 1.13 bits per heavy atom. The van der Waals surface area contributed by atoms with Crippen molar-refractivity contribution in [2.24, 2.45) is 5.92 Å². The van der Waals surface area contributed by atoms with E-state index in [2.05, 4.69) is 16.0 Å². The average molecular weight is 543 g/mol. The average Bonchev–Trinajstić information content (AvgIpc) is 2.91. The number of nitrogens with zero attached hydrogens (tertiary/aromatic N) is 1. The van der Waals surface area contributed by atoms with Gasteiger partial charge in [-0.1, -0.05) is 26.0 Å². The van der Waals surface area contributed by atoms with Gasteiger partial charge in [0.15, 0.2) is 0 Å². The van der Waals surface area contributed by atoms with Crippen LogP contribution in [-0.4, -0.2) is 74.0 Å². The molecule has 4 amide bonds. The third-order valence-electron chi connectivity index (χ3n) is 6.26. The lowest BCUT2D eigenvalue weighted by atomic mass is 10.1. The number of halogens is 1. The first kappa shape index (κ1) is 29.4. The zero-order valence-electron chi connectivity index (χ0n) is 22.4. The predicted octanol–water partition coefficient (Wildman–Crippen LogP) is 1.89. The molecular formula is C28H35FN4O6. The lowest BCUT2D eigenvalue weighted by Gasteiger charge is -2.24. The standard InChI is InChI=1S/C28H35FN4O6/c1-18(2)23-17-39-24-7-5-4-6-21(24)27(36)32-22(12-13-26(35)33(3)16-25(34)31-23)28(37)30-14-15-38-20-10-8-19(29)9-11-20/h4-11,18,22-23H,12-17H2,1-3H3,(H,30,37)(H,31,34)(H,32,36)/t22-,23-/m0/s1. The monoisotopic (exact) mass is 542 g/mol. The summed E-state index contributed by atoms with van der Waals surface area (Å²) in [7, 11) is 1.51. The predicted molar refractivity (Wildman–Crippen MR) is 142 cm³/mol. The Bertz CT molecular complexity index is 1160. The molecule has 1 aliphatic heterocycles. The van der Waals surface area contributed by atoms with Crippen LogP contribution >= 0.6 is 0 Å². The van der Waals surface area contributed by atoms with Crippen molar-refractivity contribution in [3.8, 4) is 11.5 Å². The van der Waals surface area contributed by atoms with Crippen molar-refractivity contribution in [2.75, 3.05) is 33.4 Å². The molecule has 0 bridgehead atoms. The first-order chi connectivity index (χ1) is 18.6. The number of hydrogen-bond donors (Lipinski definition) is 3. The number of rotatable bonds is 6. The summed E-state index contributed by atoms with van der Waals surface area (Å²) in [5.41, 5.74) is 0.224. The lowest BCUT2D eigenvalue weighted by Crippen LogP contribution is -2.48. The van der Waals surface area contributed by atoms with E-state index in [0.717, 1.165) is 0 Å². The summed E-state index contributed by atoms with van der Waals surface area (Å²) >= 11 is 0. The van der Waals surface area contributed by atoms with E-state index in [1.54, 1.807) is 24.3 Å². The van der Waals surface area contributed by atoms with Crippen molar-refractivity contribution in [2.45, 2.75) is 38.8 Å². The van der Waals surface area contributed by atoms with Gasteiger partial charge in [-0.05, 0) is 48.7 Å². The summed E-state index contributed by atoms with van der Waals surface area (Å²) in [6, 6.07) is 10.7. The Hall–Kier alpha value is -4.15. The van der Waals surface area contributed by atoms with E-state index in [1.165, 1.54) is 36.2 Å². The lowest BCUT2D eigenvalue weighted by molar-refractivity contribution is -0.135. The van der Waals surface area contributed by atoms with Crippen molar-refractivity contribution in [1.82, 2.24) is 20.9 Å². The minimum absolute atomic E-state index is 0.0127. The Balaban J connectivity index is 1.74. The maximum absolute atomic E-state index is 13.2. The third-order valence-corrected chi connectivity index (χ3v) is 6.26. The molecule has 39 heavy (non-hydrogen) atoms. The minimum atomic E-state index is -1.03. The molecular weight excluding hydrogens is 507 g/mol. The van der Waals surface area contributed by atoms with Crippen molar-refractivity contribution in [1.29, 1.82) is 0 Å². The van der Waals surface area contributed by atoms with Gasteiger partial charge in [-0.2, -0.15) is 0 Å². The minimum Gasteiger partial charge on any atom is -0.492 e. The highest BCUT2D eigenvalue weighted by molar-refractivity contribution is 5.99. The van der Waals surface area contributed by atoms with Gasteiger partial charge in [0.1, 0.15) is 36.6 Å². The summed E-state index contributed by atoms with van der Waals surface area (Å²) in [5, 5.41) is 8.32. The van der Waals surface area contributed by atoms with Crippen LogP contribution in [0.15, 0.2) is 48.5 Å². The SMILES string of the molecule is CC(C)[C@@H]1COc2ccccc2C(=O)N[C@H](C(=O)NCCOc2ccc(F)cc2)CCC(=O)N(C)CC(=O)N1. The highest BCUT2D eigenvalue weighted by Crippen LogP contribution is 2.20. The summed E-state index contributed by atoms with van der Waals surface area (Å²) in [4.78, 5) is 52.9. The quantitative estimate of drug-likeness (QED) is 0.479. The van der Waals surface area contributed by atoms with Crippen LogP contribution in [0.3, 0.4) is 0 Å². The van der Waals surface area contributed by atoms with E-state index in [1.807, 2.05) is 13.8 Å². The van der Waals surface area contributed by atoms with Gasteiger partial charge < -0.3 is 30.3 Å². The molecule has 0 fully saturated rings. The third kappa shape index (κ3) is 8.98. The van der Waals surface area contributed by atoms with Crippen LogP contribution in [0.1, 0.15) is 37.0 Å². The largest absolute Gasteiger partial charge is 0.492 e. The second-order valence-electron chi connectivity index (χ2n) is 9.63. The zero-order chi connectivity index (χ0) is 28.4. The summed E-state index contributed by atoms with van der Waals surface area (Å²) in [6.45, 7) is 4.06. The number of amides is 4. The molecule has 11 heteroatoms. The molecule has 2 aromatic rings. The van der Waals surface area contributed by atoms with Crippen LogP contribution in [0.4, 0.5) is 4.39 Å². The van der Waals surface area contributed by atoms with Gasteiger partial charge in [0.25, 0.3) is 5.91 Å². The molecule has 2 atom stereocenters. The highest BCUT2D eigenvalue weighted by atomic mass is 19.1. The van der Waals surface area contributed by atoms with Gasteiger partial charge in [-0.3, -0.25) is 19.2 Å². The number of benzene rings is 2. The molecule has 0 unspecified atom stereocenters. The second kappa shape index (κ2) is 14.1. The van der Waals surface area contributed by atoms with Gasteiger partial charge >= 0.3 is 0 Å². The number of nitrogens with one attached hydrogen (secondary N) is 3. The first-order valence-electron chi connectivity index (χ1n) is 12.9. The molecule has 0 spiro atoms. The molecule has 0 aromatic heterocycles. The van der Waals surface area contributed by atoms with Crippen molar-refractivity contribution in [3.63, 3.8) is 0 Å².